The van der Waals surface area contributed by atoms with E-state index >= 15 is 0 Å². The van der Waals surface area contributed by atoms with E-state index in [1.54, 1.807) is 6.07 Å². The molecule has 0 radical (unpaired) electrons. The second kappa shape index (κ2) is 6.35. The number of hydrogen-bond donors (Lipinski definition) is 2. The summed E-state index contributed by atoms with van der Waals surface area (Å²) >= 11 is 0. The third-order valence-corrected chi connectivity index (χ3v) is 4.44. The summed E-state index contributed by atoms with van der Waals surface area (Å²) in [4.78, 5) is 12.0. The van der Waals surface area contributed by atoms with Gasteiger partial charge in [-0.2, -0.15) is 0 Å². The number of carbonyl (C=O) groups excluding carboxylic acids is 1. The summed E-state index contributed by atoms with van der Waals surface area (Å²) in [6.45, 7) is 3.75. The van der Waals surface area contributed by atoms with Crippen LogP contribution in [-0.4, -0.2) is 38.6 Å². The van der Waals surface area contributed by atoms with Gasteiger partial charge in [-0.25, -0.2) is 17.6 Å². The lowest BCUT2D eigenvalue weighted by Crippen LogP contribution is -2.45. The molecule has 0 spiro atoms. The van der Waals surface area contributed by atoms with Crippen molar-refractivity contribution >= 4 is 15.9 Å². The molecule has 23 heavy (non-hydrogen) atoms. The second-order valence-electron chi connectivity index (χ2n) is 6.33. The van der Waals surface area contributed by atoms with E-state index in [1.165, 1.54) is 12.1 Å². The Labute approximate surface area is 135 Å². The first-order chi connectivity index (χ1) is 10.6. The summed E-state index contributed by atoms with van der Waals surface area (Å²) in [5.41, 5.74) is 0.148. The Morgan fingerprint density at radius 2 is 2.13 bits per heavy atom. The summed E-state index contributed by atoms with van der Waals surface area (Å²) in [6.07, 6.45) is 1.63. The summed E-state index contributed by atoms with van der Waals surface area (Å²) < 4.78 is 41.2. The normalized spacial score (nSPS) is 19.4. The zero-order valence-electron chi connectivity index (χ0n) is 13.3. The molecule has 1 aromatic rings. The van der Waals surface area contributed by atoms with Crippen molar-refractivity contribution in [3.63, 3.8) is 0 Å². The van der Waals surface area contributed by atoms with Crippen LogP contribution < -0.4 is 15.4 Å². The third-order valence-electron chi connectivity index (χ3n) is 3.50. The maximum atomic E-state index is 13.4. The monoisotopic (exact) mass is 344 g/mol. The van der Waals surface area contributed by atoms with Crippen LogP contribution in [-0.2, 0) is 9.84 Å². The van der Waals surface area contributed by atoms with E-state index < -0.39 is 27.3 Å². The fourth-order valence-corrected chi connectivity index (χ4v) is 2.99. The van der Waals surface area contributed by atoms with Crippen molar-refractivity contribution in [1.82, 2.24) is 10.6 Å². The fourth-order valence-electron chi connectivity index (χ4n) is 2.51. The van der Waals surface area contributed by atoms with Gasteiger partial charge in [0.15, 0.2) is 0 Å². The number of sulfone groups is 1. The molecule has 2 amide bonds. The number of rotatable bonds is 4. The lowest BCUT2D eigenvalue weighted by molar-refractivity contribution is 0.0674. The molecular weight excluding hydrogens is 323 g/mol. The Kier molecular flexibility index (Phi) is 4.84. The van der Waals surface area contributed by atoms with Crippen LogP contribution in [0.1, 0.15) is 31.9 Å². The molecule has 1 atom stereocenters. The van der Waals surface area contributed by atoms with E-state index in [-0.39, 0.29) is 18.3 Å². The number of benzene rings is 1. The molecule has 0 bridgehead atoms. The molecule has 1 aliphatic rings. The van der Waals surface area contributed by atoms with Crippen molar-refractivity contribution in [3.05, 3.63) is 29.6 Å². The van der Waals surface area contributed by atoms with Gasteiger partial charge in [0.05, 0.1) is 11.8 Å². The van der Waals surface area contributed by atoms with Gasteiger partial charge in [-0.15, -0.1) is 0 Å². The molecule has 0 aliphatic carbocycles. The molecule has 128 valence electrons. The number of amides is 2. The molecule has 1 aliphatic heterocycles. The Morgan fingerprint density at radius 1 is 1.43 bits per heavy atom. The average molecular weight is 344 g/mol. The molecule has 0 saturated carbocycles. The summed E-state index contributed by atoms with van der Waals surface area (Å²) in [7, 11) is -3.13. The van der Waals surface area contributed by atoms with E-state index in [0.29, 0.717) is 17.7 Å². The minimum atomic E-state index is -3.13. The van der Waals surface area contributed by atoms with Crippen molar-refractivity contribution in [2.75, 3.05) is 18.6 Å². The highest BCUT2D eigenvalue weighted by molar-refractivity contribution is 7.90. The first kappa shape index (κ1) is 17.5. The van der Waals surface area contributed by atoms with Gasteiger partial charge in [-0.3, -0.25) is 0 Å². The molecule has 0 unspecified atom stereocenters. The minimum absolute atomic E-state index is 0.0353. The van der Waals surface area contributed by atoms with Crippen molar-refractivity contribution in [2.45, 2.75) is 31.9 Å². The maximum Gasteiger partial charge on any atom is 0.315 e. The van der Waals surface area contributed by atoms with Gasteiger partial charge in [0, 0.05) is 30.9 Å². The first-order valence-corrected chi connectivity index (χ1v) is 9.32. The SMILES string of the molecule is CC1(C)C[C@@H](NC(=O)NCCS(C)(=O)=O)c2ccc(F)cc2O1. The predicted octanol–water partition coefficient (Wildman–Crippen LogP) is 1.77. The smallest absolute Gasteiger partial charge is 0.315 e. The molecule has 2 N–H and O–H groups in total. The van der Waals surface area contributed by atoms with E-state index in [2.05, 4.69) is 10.6 Å². The number of halogens is 1. The number of fused-ring (bicyclic) bond motifs is 1. The van der Waals surface area contributed by atoms with Crippen LogP contribution in [0.5, 0.6) is 5.75 Å². The average Bonchev–Trinajstić information content (AvgIpc) is 2.34. The van der Waals surface area contributed by atoms with Gasteiger partial charge in [0.1, 0.15) is 27.0 Å². The van der Waals surface area contributed by atoms with Gasteiger partial charge in [-0.05, 0) is 19.9 Å². The zero-order chi connectivity index (χ0) is 17.3. The standard InChI is InChI=1S/C15H21FN2O4S/c1-15(2)9-12(11-5-4-10(16)8-13(11)22-15)18-14(19)17-6-7-23(3,20)21/h4-5,8,12H,6-7,9H2,1-3H3,(H2,17,18,19)/t12-/m1/s1. The highest BCUT2D eigenvalue weighted by Crippen LogP contribution is 2.39. The Balaban J connectivity index is 2.06. The molecule has 6 nitrogen and oxygen atoms in total. The Bertz CT molecular complexity index is 703. The molecule has 2 rings (SSSR count). The molecule has 0 fully saturated rings. The minimum Gasteiger partial charge on any atom is -0.487 e. The molecule has 0 saturated heterocycles. The summed E-state index contributed by atoms with van der Waals surface area (Å²) in [6, 6.07) is 3.39. The summed E-state index contributed by atoms with van der Waals surface area (Å²) in [5, 5.41) is 5.30. The highest BCUT2D eigenvalue weighted by atomic mass is 32.2. The molecule has 0 aromatic heterocycles. The molecule has 1 aromatic carbocycles. The van der Waals surface area contributed by atoms with Crippen LogP contribution in [0, 0.1) is 5.82 Å². The lowest BCUT2D eigenvalue weighted by atomic mass is 9.90. The number of carbonyl (C=O) groups is 1. The Morgan fingerprint density at radius 3 is 2.78 bits per heavy atom. The fraction of sp³-hybridized carbons (Fsp3) is 0.533. The van der Waals surface area contributed by atoms with Gasteiger partial charge in [0.25, 0.3) is 0 Å². The van der Waals surface area contributed by atoms with Gasteiger partial charge in [0.2, 0.25) is 0 Å². The summed E-state index contributed by atoms with van der Waals surface area (Å²) in [5.74, 6) is -0.123. The van der Waals surface area contributed by atoms with Gasteiger partial charge < -0.3 is 15.4 Å². The molecule has 8 heteroatoms. The van der Waals surface area contributed by atoms with Crippen molar-refractivity contribution < 1.29 is 22.3 Å². The lowest BCUT2D eigenvalue weighted by Gasteiger charge is -2.37. The van der Waals surface area contributed by atoms with Crippen LogP contribution in [0.25, 0.3) is 0 Å². The van der Waals surface area contributed by atoms with Crippen LogP contribution >= 0.6 is 0 Å². The molecular formula is C15H21FN2O4S. The van der Waals surface area contributed by atoms with Gasteiger partial charge >= 0.3 is 6.03 Å². The van der Waals surface area contributed by atoms with E-state index in [4.69, 9.17) is 4.74 Å². The third kappa shape index (κ3) is 5.09. The van der Waals surface area contributed by atoms with E-state index in [1.807, 2.05) is 13.8 Å². The van der Waals surface area contributed by atoms with Crippen LogP contribution in [0.2, 0.25) is 0 Å². The number of ether oxygens (including phenoxy) is 1. The maximum absolute atomic E-state index is 13.4. The topological polar surface area (TPSA) is 84.5 Å². The zero-order valence-corrected chi connectivity index (χ0v) is 14.2. The van der Waals surface area contributed by atoms with Gasteiger partial charge in [-0.1, -0.05) is 6.07 Å². The van der Waals surface area contributed by atoms with Crippen molar-refractivity contribution in [2.24, 2.45) is 0 Å². The quantitative estimate of drug-likeness (QED) is 0.872. The largest absolute Gasteiger partial charge is 0.487 e. The number of nitrogens with one attached hydrogen (secondary N) is 2. The van der Waals surface area contributed by atoms with Crippen molar-refractivity contribution in [1.29, 1.82) is 0 Å². The van der Waals surface area contributed by atoms with E-state index in [9.17, 15) is 17.6 Å². The van der Waals surface area contributed by atoms with Crippen LogP contribution in [0.4, 0.5) is 9.18 Å². The number of urea groups is 1. The molecule has 1 heterocycles. The predicted molar refractivity (Wildman–Crippen MR) is 84.7 cm³/mol. The first-order valence-electron chi connectivity index (χ1n) is 7.26. The van der Waals surface area contributed by atoms with Crippen LogP contribution in [0.3, 0.4) is 0 Å². The second-order valence-corrected chi connectivity index (χ2v) is 8.59. The van der Waals surface area contributed by atoms with Crippen LogP contribution in [0.15, 0.2) is 18.2 Å². The highest BCUT2D eigenvalue weighted by Gasteiger charge is 2.34. The van der Waals surface area contributed by atoms with Crippen molar-refractivity contribution in [3.8, 4) is 5.75 Å². The Hall–Kier alpha value is -1.83. The van der Waals surface area contributed by atoms with E-state index in [0.717, 1.165) is 6.26 Å². The number of hydrogen-bond acceptors (Lipinski definition) is 4.